The number of hydrogen-bond acceptors (Lipinski definition) is 3. The van der Waals surface area contributed by atoms with E-state index in [0.29, 0.717) is 6.61 Å². The van der Waals surface area contributed by atoms with Crippen molar-refractivity contribution in [2.75, 3.05) is 0 Å². The Labute approximate surface area is 158 Å². The van der Waals surface area contributed by atoms with E-state index in [-0.39, 0.29) is 18.5 Å². The zero-order valence-electron chi connectivity index (χ0n) is 15.0. The van der Waals surface area contributed by atoms with E-state index in [0.717, 1.165) is 41.8 Å². The highest BCUT2D eigenvalue weighted by atomic mass is 16.5. The minimum atomic E-state index is -0.00780. The fraction of sp³-hybridized carbons (Fsp3) is 0.273. The number of hydrogen-bond donors (Lipinski definition) is 1. The number of benzene rings is 2. The third-order valence-corrected chi connectivity index (χ3v) is 5.44. The van der Waals surface area contributed by atoms with Gasteiger partial charge >= 0.3 is 0 Å². The standard InChI is InChI=1S/C22H21N3O2/c26-21(24-19-10-5-7-15-6-1-2-8-17(15)19)13-25-22-16(12-23-25)14-27-20-11-4-3-9-18(20)22/h1-4,6,8-9,11-12,19H,5,7,10,13-14H2,(H,24,26). The van der Waals surface area contributed by atoms with Crippen LogP contribution in [0, 0.1) is 0 Å². The van der Waals surface area contributed by atoms with E-state index in [2.05, 4.69) is 28.6 Å². The van der Waals surface area contributed by atoms with Crippen molar-refractivity contribution < 1.29 is 9.53 Å². The molecule has 0 fully saturated rings. The van der Waals surface area contributed by atoms with Crippen LogP contribution in [0.25, 0.3) is 11.3 Å². The van der Waals surface area contributed by atoms with Gasteiger partial charge in [0.2, 0.25) is 5.91 Å². The van der Waals surface area contributed by atoms with Gasteiger partial charge in [-0.3, -0.25) is 9.48 Å². The molecule has 1 N–H and O–H groups in total. The maximum absolute atomic E-state index is 12.8. The molecule has 5 nitrogen and oxygen atoms in total. The second kappa shape index (κ2) is 6.58. The van der Waals surface area contributed by atoms with E-state index in [1.165, 1.54) is 11.1 Å². The number of ether oxygens (including phenoxy) is 1. The van der Waals surface area contributed by atoms with Crippen molar-refractivity contribution in [2.24, 2.45) is 0 Å². The average Bonchev–Trinajstić information content (AvgIpc) is 3.11. The highest BCUT2D eigenvalue weighted by Crippen LogP contribution is 2.37. The van der Waals surface area contributed by atoms with Gasteiger partial charge in [0.15, 0.2) is 0 Å². The Bertz CT molecular complexity index is 1010. The lowest BCUT2D eigenvalue weighted by molar-refractivity contribution is -0.122. The third kappa shape index (κ3) is 2.89. The fourth-order valence-corrected chi connectivity index (χ4v) is 4.19. The highest BCUT2D eigenvalue weighted by Gasteiger charge is 2.25. The molecule has 1 aromatic heterocycles. The molecular weight excluding hydrogens is 338 g/mol. The van der Waals surface area contributed by atoms with Crippen LogP contribution in [-0.2, 0) is 24.4 Å². The minimum absolute atomic E-state index is 0.00780. The number of rotatable bonds is 3. The number of carbonyl (C=O) groups excluding carboxylic acids is 1. The first-order valence-electron chi connectivity index (χ1n) is 9.43. The first-order valence-corrected chi connectivity index (χ1v) is 9.43. The van der Waals surface area contributed by atoms with E-state index in [9.17, 15) is 4.79 Å². The summed E-state index contributed by atoms with van der Waals surface area (Å²) < 4.78 is 7.57. The first kappa shape index (κ1) is 16.1. The number of nitrogens with zero attached hydrogens (tertiary/aromatic N) is 2. The Morgan fingerprint density at radius 1 is 1.15 bits per heavy atom. The zero-order valence-corrected chi connectivity index (χ0v) is 15.0. The van der Waals surface area contributed by atoms with Crippen LogP contribution in [-0.4, -0.2) is 15.7 Å². The number of aryl methyl sites for hydroxylation is 1. The summed E-state index contributed by atoms with van der Waals surface area (Å²) in [6, 6.07) is 16.4. The predicted molar refractivity (Wildman–Crippen MR) is 102 cm³/mol. The fourth-order valence-electron chi connectivity index (χ4n) is 4.19. The van der Waals surface area contributed by atoms with E-state index in [4.69, 9.17) is 4.74 Å². The summed E-state index contributed by atoms with van der Waals surface area (Å²) in [7, 11) is 0. The van der Waals surface area contributed by atoms with Crippen LogP contribution in [0.2, 0.25) is 0 Å². The van der Waals surface area contributed by atoms with Crippen LogP contribution in [0.1, 0.15) is 35.6 Å². The number of nitrogens with one attached hydrogen (secondary N) is 1. The second-order valence-corrected chi connectivity index (χ2v) is 7.17. The lowest BCUT2D eigenvalue weighted by atomic mass is 9.88. The Morgan fingerprint density at radius 2 is 2.00 bits per heavy atom. The Kier molecular flexibility index (Phi) is 3.93. The maximum Gasteiger partial charge on any atom is 0.242 e. The van der Waals surface area contributed by atoms with Crippen LogP contribution in [0.5, 0.6) is 5.75 Å². The van der Waals surface area contributed by atoms with Crippen LogP contribution in [0.15, 0.2) is 54.7 Å². The number of carbonyl (C=O) groups is 1. The molecule has 5 rings (SSSR count). The third-order valence-electron chi connectivity index (χ3n) is 5.44. The molecular formula is C22H21N3O2. The largest absolute Gasteiger partial charge is 0.488 e. The molecule has 1 amide bonds. The monoisotopic (exact) mass is 359 g/mol. The molecule has 2 aliphatic rings. The Hall–Kier alpha value is -3.08. The zero-order chi connectivity index (χ0) is 18.2. The molecule has 5 heteroatoms. The molecule has 2 heterocycles. The molecule has 2 aromatic carbocycles. The van der Waals surface area contributed by atoms with Gasteiger partial charge in [-0.1, -0.05) is 36.4 Å². The van der Waals surface area contributed by atoms with Crippen molar-refractivity contribution in [3.05, 3.63) is 71.4 Å². The summed E-state index contributed by atoms with van der Waals surface area (Å²) in [6.45, 7) is 0.701. The molecule has 0 saturated heterocycles. The summed E-state index contributed by atoms with van der Waals surface area (Å²) in [4.78, 5) is 12.8. The smallest absolute Gasteiger partial charge is 0.242 e. The van der Waals surface area contributed by atoms with Crippen LogP contribution < -0.4 is 10.1 Å². The van der Waals surface area contributed by atoms with Crippen LogP contribution in [0.3, 0.4) is 0 Å². The Morgan fingerprint density at radius 3 is 2.96 bits per heavy atom. The number of aromatic nitrogens is 2. The van der Waals surface area contributed by atoms with Gasteiger partial charge in [-0.15, -0.1) is 0 Å². The lowest BCUT2D eigenvalue weighted by Gasteiger charge is -2.26. The van der Waals surface area contributed by atoms with Crippen molar-refractivity contribution >= 4 is 5.91 Å². The van der Waals surface area contributed by atoms with Crippen molar-refractivity contribution in [1.29, 1.82) is 0 Å². The number of amides is 1. The predicted octanol–water partition coefficient (Wildman–Crippen LogP) is 3.64. The molecule has 1 atom stereocenters. The molecule has 3 aromatic rings. The molecule has 1 unspecified atom stereocenters. The van der Waals surface area contributed by atoms with Gasteiger partial charge in [0, 0.05) is 11.1 Å². The van der Waals surface area contributed by atoms with E-state index < -0.39 is 0 Å². The van der Waals surface area contributed by atoms with Gasteiger partial charge in [0.25, 0.3) is 0 Å². The van der Waals surface area contributed by atoms with Crippen molar-refractivity contribution in [2.45, 2.75) is 38.5 Å². The SMILES string of the molecule is O=C(Cn1ncc2c1-c1ccccc1OC2)NC1CCCc2ccccc21. The van der Waals surface area contributed by atoms with Gasteiger partial charge in [0.05, 0.1) is 17.9 Å². The molecule has 27 heavy (non-hydrogen) atoms. The van der Waals surface area contributed by atoms with Gasteiger partial charge in [0.1, 0.15) is 18.9 Å². The summed E-state index contributed by atoms with van der Waals surface area (Å²) in [5.74, 6) is 0.833. The normalized spacial score (nSPS) is 17.3. The molecule has 0 radical (unpaired) electrons. The number of para-hydroxylation sites is 1. The summed E-state index contributed by atoms with van der Waals surface area (Å²) in [5, 5.41) is 7.66. The first-order chi connectivity index (χ1) is 13.3. The van der Waals surface area contributed by atoms with Crippen molar-refractivity contribution in [3.63, 3.8) is 0 Å². The summed E-state index contributed by atoms with van der Waals surface area (Å²) >= 11 is 0. The highest BCUT2D eigenvalue weighted by molar-refractivity contribution is 5.78. The van der Waals surface area contributed by atoms with Crippen molar-refractivity contribution in [3.8, 4) is 17.0 Å². The lowest BCUT2D eigenvalue weighted by Crippen LogP contribution is -2.33. The van der Waals surface area contributed by atoms with Crippen molar-refractivity contribution in [1.82, 2.24) is 15.1 Å². The van der Waals surface area contributed by atoms with E-state index in [1.54, 1.807) is 10.9 Å². The van der Waals surface area contributed by atoms with E-state index in [1.807, 2.05) is 30.3 Å². The van der Waals surface area contributed by atoms with Crippen LogP contribution in [0.4, 0.5) is 0 Å². The molecule has 0 saturated carbocycles. The van der Waals surface area contributed by atoms with Gasteiger partial charge in [-0.2, -0.15) is 5.10 Å². The molecule has 0 spiro atoms. The quantitative estimate of drug-likeness (QED) is 0.777. The molecule has 0 bridgehead atoms. The second-order valence-electron chi connectivity index (χ2n) is 7.17. The average molecular weight is 359 g/mol. The minimum Gasteiger partial charge on any atom is -0.488 e. The number of fused-ring (bicyclic) bond motifs is 4. The molecule has 1 aliphatic carbocycles. The van der Waals surface area contributed by atoms with Gasteiger partial charge in [-0.25, -0.2) is 0 Å². The van der Waals surface area contributed by atoms with Crippen LogP contribution >= 0.6 is 0 Å². The topological polar surface area (TPSA) is 56.2 Å². The van der Waals surface area contributed by atoms with Gasteiger partial charge < -0.3 is 10.1 Å². The molecule has 136 valence electrons. The van der Waals surface area contributed by atoms with E-state index >= 15 is 0 Å². The van der Waals surface area contributed by atoms with Gasteiger partial charge in [-0.05, 0) is 42.5 Å². The summed E-state index contributed by atoms with van der Waals surface area (Å²) in [5.41, 5.74) is 5.59. The maximum atomic E-state index is 12.8. The Balaban J connectivity index is 1.37. The molecule has 1 aliphatic heterocycles. The summed E-state index contributed by atoms with van der Waals surface area (Å²) in [6.07, 6.45) is 4.97.